The van der Waals surface area contributed by atoms with Crippen molar-refractivity contribution in [1.29, 1.82) is 0 Å². The normalized spacial score (nSPS) is 39.1. The number of allylic oxidation sites excluding steroid dienone is 2. The molecule has 9 heteroatoms. The molecule has 11 atom stereocenters. The van der Waals surface area contributed by atoms with Crippen LogP contribution >= 0.6 is 11.6 Å². The zero-order chi connectivity index (χ0) is 42.4. The van der Waals surface area contributed by atoms with E-state index in [1.54, 1.807) is 24.3 Å². The summed E-state index contributed by atoms with van der Waals surface area (Å²) in [6.07, 6.45) is 10.3. The van der Waals surface area contributed by atoms with Crippen LogP contribution in [0.4, 0.5) is 0 Å². The molecule has 3 N–H and O–H groups in total. The number of rotatable bonds is 11. The molecule has 1 aromatic rings. The van der Waals surface area contributed by atoms with E-state index in [2.05, 4.69) is 59.1 Å². The number of benzene rings is 1. The van der Waals surface area contributed by atoms with E-state index < -0.39 is 17.3 Å². The van der Waals surface area contributed by atoms with Gasteiger partial charge in [-0.05, 0) is 153 Å². The molecule has 0 aliphatic heterocycles. The fraction of sp³-hybridized carbons (Fsp3) is 0.755. The minimum absolute atomic E-state index is 0.0536. The van der Waals surface area contributed by atoms with E-state index in [9.17, 15) is 24.3 Å². The molecule has 320 valence electrons. The number of hydrogen-bond acceptors (Lipinski definition) is 6. The lowest BCUT2D eigenvalue weighted by Gasteiger charge is -2.72. The summed E-state index contributed by atoms with van der Waals surface area (Å²) < 4.78 is 6.43. The Labute approximate surface area is 352 Å². The van der Waals surface area contributed by atoms with E-state index in [0.717, 1.165) is 69.9 Å². The number of ketones is 1. The Morgan fingerprint density at radius 2 is 1.53 bits per heavy atom. The zero-order valence-electron chi connectivity index (χ0n) is 37.0. The monoisotopic (exact) mass is 819 g/mol. The van der Waals surface area contributed by atoms with Crippen molar-refractivity contribution in [3.8, 4) is 0 Å². The van der Waals surface area contributed by atoms with Gasteiger partial charge in [-0.2, -0.15) is 0 Å². The summed E-state index contributed by atoms with van der Waals surface area (Å²) in [5, 5.41) is 17.0. The van der Waals surface area contributed by atoms with E-state index >= 15 is 0 Å². The van der Waals surface area contributed by atoms with Crippen molar-refractivity contribution >= 4 is 35.2 Å². The number of carbonyl (C=O) groups is 4. The number of carboxylic acids is 1. The van der Waals surface area contributed by atoms with Crippen LogP contribution in [0.15, 0.2) is 35.4 Å². The fourth-order valence-corrected chi connectivity index (χ4v) is 14.9. The smallest absolute Gasteiger partial charge is 0.309 e. The fourth-order valence-electron chi connectivity index (χ4n) is 14.8. The zero-order valence-corrected chi connectivity index (χ0v) is 37.7. The Hall–Kier alpha value is -2.71. The first-order chi connectivity index (χ1) is 27.0. The lowest BCUT2D eigenvalue weighted by Crippen LogP contribution is -2.66. The molecule has 8 nitrogen and oxygen atoms in total. The highest BCUT2D eigenvalue weighted by molar-refractivity contribution is 6.30. The quantitative estimate of drug-likeness (QED) is 0.150. The van der Waals surface area contributed by atoms with Gasteiger partial charge in [0.25, 0.3) is 5.91 Å². The number of aliphatic carboxylic acids is 1. The van der Waals surface area contributed by atoms with Crippen molar-refractivity contribution in [1.82, 2.24) is 10.6 Å². The number of carbonyl (C=O) groups excluding carboxylic acids is 3. The second kappa shape index (κ2) is 15.0. The van der Waals surface area contributed by atoms with Crippen LogP contribution in [0, 0.1) is 68.0 Å². The van der Waals surface area contributed by atoms with Crippen LogP contribution in [0.3, 0.4) is 0 Å². The Morgan fingerprint density at radius 1 is 0.845 bits per heavy atom. The van der Waals surface area contributed by atoms with Crippen LogP contribution in [0.5, 0.6) is 0 Å². The second-order valence-corrected chi connectivity index (χ2v) is 22.5. The van der Waals surface area contributed by atoms with Crippen molar-refractivity contribution < 1.29 is 29.0 Å². The molecule has 5 fully saturated rings. The summed E-state index contributed by atoms with van der Waals surface area (Å²) in [4.78, 5) is 52.4. The number of esters is 1. The van der Waals surface area contributed by atoms with Gasteiger partial charge in [0, 0.05) is 40.4 Å². The number of hydrogen-bond donors (Lipinski definition) is 3. The van der Waals surface area contributed by atoms with Crippen LogP contribution in [0.25, 0.3) is 0 Å². The molecule has 58 heavy (non-hydrogen) atoms. The molecule has 0 radical (unpaired) electrons. The number of nitrogens with one attached hydrogen (secondary N) is 2. The van der Waals surface area contributed by atoms with Crippen LogP contribution in [0.2, 0.25) is 5.02 Å². The maximum absolute atomic E-state index is 14.1. The van der Waals surface area contributed by atoms with Crippen LogP contribution < -0.4 is 10.6 Å². The summed E-state index contributed by atoms with van der Waals surface area (Å²) in [5.74, 6) is -0.137. The number of ether oxygens (including phenoxy) is 1. The van der Waals surface area contributed by atoms with E-state index in [-0.39, 0.29) is 62.9 Å². The Balaban J connectivity index is 1.06. The second-order valence-electron chi connectivity index (χ2n) is 22.1. The minimum Gasteiger partial charge on any atom is -0.481 e. The van der Waals surface area contributed by atoms with Gasteiger partial charge in [-0.25, -0.2) is 0 Å². The first-order valence-electron chi connectivity index (χ1n) is 22.5. The number of Topliss-reactive ketones (excluding diaryl/α,β-unsaturated/α-hetero) is 1. The molecule has 1 amide bonds. The van der Waals surface area contributed by atoms with Crippen molar-refractivity contribution in [2.75, 3.05) is 13.1 Å². The molecular weight excluding hydrogens is 748 g/mol. The third-order valence-corrected chi connectivity index (χ3v) is 18.6. The molecule has 0 saturated heterocycles. The molecule has 5 saturated carbocycles. The van der Waals surface area contributed by atoms with Gasteiger partial charge >= 0.3 is 11.9 Å². The first kappa shape index (κ1) is 43.4. The highest BCUT2D eigenvalue weighted by Gasteiger charge is 2.70. The summed E-state index contributed by atoms with van der Waals surface area (Å²) in [5.41, 5.74) is 2.60. The predicted octanol–water partition coefficient (Wildman–Crippen LogP) is 10.1. The summed E-state index contributed by atoms with van der Waals surface area (Å²) in [6, 6.07) is 6.90. The van der Waals surface area contributed by atoms with E-state index in [4.69, 9.17) is 16.3 Å². The Morgan fingerprint density at radius 3 is 2.17 bits per heavy atom. The van der Waals surface area contributed by atoms with Crippen molar-refractivity contribution in [2.45, 2.75) is 152 Å². The maximum Gasteiger partial charge on any atom is 0.309 e. The number of fused-ring (bicyclic) bond motifs is 7. The van der Waals surface area contributed by atoms with Gasteiger partial charge in [0.1, 0.15) is 6.10 Å². The van der Waals surface area contributed by atoms with Gasteiger partial charge in [-0.1, -0.05) is 79.5 Å². The number of halogens is 1. The maximum atomic E-state index is 14.1. The molecule has 0 bridgehead atoms. The van der Waals surface area contributed by atoms with Crippen molar-refractivity contribution in [3.05, 3.63) is 46.0 Å². The molecule has 0 spiro atoms. The van der Waals surface area contributed by atoms with Gasteiger partial charge in [-0.3, -0.25) is 19.2 Å². The lowest BCUT2D eigenvalue weighted by molar-refractivity contribution is -0.236. The lowest BCUT2D eigenvalue weighted by atomic mass is 9.33. The topological polar surface area (TPSA) is 122 Å². The number of amides is 1. The SMILES string of the molecule is CC(C)C1=C2[C@H]3CC[C@@H]4[C@@]5(C)CC[C@H](OC(=O)[C@H]6C[C@@H](C(=O)O)C6(C)C)C(C)(C)[C@@H]5CC[C@@]4(C)[C@]3(C)CC[C@@]2(CCNC[C@H](C)NC(=O)c2ccc(Cl)cc2)CC1=O. The van der Waals surface area contributed by atoms with Crippen molar-refractivity contribution in [2.24, 2.45) is 68.0 Å². The van der Waals surface area contributed by atoms with E-state index in [1.165, 1.54) is 5.57 Å². The molecule has 0 aromatic heterocycles. The van der Waals surface area contributed by atoms with Gasteiger partial charge in [0.15, 0.2) is 5.78 Å². The third kappa shape index (κ3) is 6.72. The molecular formula is C49H71ClN2O6. The highest BCUT2D eigenvalue weighted by Crippen LogP contribution is 2.77. The summed E-state index contributed by atoms with van der Waals surface area (Å²) >= 11 is 6.02. The molecule has 0 unspecified atom stereocenters. The molecule has 7 rings (SSSR count). The van der Waals surface area contributed by atoms with Crippen molar-refractivity contribution in [3.63, 3.8) is 0 Å². The van der Waals surface area contributed by atoms with Gasteiger partial charge in [0.05, 0.1) is 11.8 Å². The average molecular weight is 820 g/mol. The first-order valence-corrected chi connectivity index (χ1v) is 22.9. The average Bonchev–Trinajstić information content (AvgIpc) is 3.43. The van der Waals surface area contributed by atoms with E-state index in [1.807, 2.05) is 20.8 Å². The summed E-state index contributed by atoms with van der Waals surface area (Å²) in [7, 11) is 0. The molecule has 6 aliphatic rings. The van der Waals surface area contributed by atoms with Gasteiger partial charge in [-0.15, -0.1) is 0 Å². The van der Waals surface area contributed by atoms with Crippen LogP contribution in [-0.2, 0) is 19.1 Å². The standard InChI is InChI=1S/C49H71ClN2O6/c1-28(2)39-35(53)26-49(23-24-51-27-29(3)52-41(54)30-11-13-31(50)14-12-30)22-21-47(9)32(40(39)49)15-16-37-46(8)19-18-38(45(6,7)36(46)17-20-48(37,47)10)58-43(57)34-25-33(42(55)56)44(34,4)5/h11-14,28-29,32-34,36-38,51H,15-27H2,1-10H3,(H,52,54)(H,55,56)/t29-,32+,33-,34+,36-,37+,38-,46-,47+,48+,49+/m0/s1. The van der Waals surface area contributed by atoms with E-state index in [0.29, 0.717) is 53.5 Å². The largest absolute Gasteiger partial charge is 0.481 e. The van der Waals surface area contributed by atoms with Crippen LogP contribution in [0.1, 0.15) is 150 Å². The summed E-state index contributed by atoms with van der Waals surface area (Å²) in [6.45, 7) is 24.1. The molecule has 6 aliphatic carbocycles. The third-order valence-electron chi connectivity index (χ3n) is 18.3. The Bertz CT molecular complexity index is 1850. The van der Waals surface area contributed by atoms with Gasteiger partial charge < -0.3 is 20.5 Å². The minimum atomic E-state index is -0.826. The van der Waals surface area contributed by atoms with Gasteiger partial charge in [0.2, 0.25) is 0 Å². The molecule has 0 heterocycles. The predicted molar refractivity (Wildman–Crippen MR) is 228 cm³/mol. The Kier molecular flexibility index (Phi) is 11.2. The highest BCUT2D eigenvalue weighted by atomic mass is 35.5. The molecule has 1 aromatic carbocycles. The van der Waals surface area contributed by atoms with Crippen LogP contribution in [-0.4, -0.2) is 54.0 Å². The number of carboxylic acid groups (broad SMARTS) is 1.